The Balaban J connectivity index is 1.52. The number of nitrogens with zero attached hydrogens (tertiary/aromatic N) is 3. The van der Waals surface area contributed by atoms with E-state index in [1.165, 1.54) is 12.1 Å². The van der Waals surface area contributed by atoms with E-state index in [1.807, 2.05) is 36.2 Å². The number of halogens is 2. The number of hydrogen-bond donors (Lipinski definition) is 0. The lowest BCUT2D eigenvalue weighted by atomic mass is 10.2. The van der Waals surface area contributed by atoms with Gasteiger partial charge in [0.05, 0.1) is 6.54 Å². The second-order valence-corrected chi connectivity index (χ2v) is 6.02. The summed E-state index contributed by atoms with van der Waals surface area (Å²) in [5.74, 6) is 1.16. The second-order valence-electron chi connectivity index (χ2n) is 5.61. The van der Waals surface area contributed by atoms with Crippen molar-refractivity contribution in [3.05, 3.63) is 76.6 Å². The van der Waals surface area contributed by atoms with E-state index in [2.05, 4.69) is 10.1 Å². The molecule has 130 valence electrons. The van der Waals surface area contributed by atoms with Gasteiger partial charge in [0, 0.05) is 11.6 Å². The van der Waals surface area contributed by atoms with Gasteiger partial charge in [0.1, 0.15) is 11.6 Å². The quantitative estimate of drug-likeness (QED) is 0.635. The fourth-order valence-electron chi connectivity index (χ4n) is 2.30. The van der Waals surface area contributed by atoms with Crippen molar-refractivity contribution < 1.29 is 13.7 Å². The van der Waals surface area contributed by atoms with Crippen molar-refractivity contribution in [2.45, 2.75) is 19.7 Å². The first-order chi connectivity index (χ1) is 12.1. The molecule has 0 aliphatic rings. The molecule has 0 saturated heterocycles. The predicted molar refractivity (Wildman–Crippen MR) is 91.7 cm³/mol. The molecule has 1 aromatic heterocycles. The van der Waals surface area contributed by atoms with Crippen molar-refractivity contribution in [2.75, 3.05) is 7.05 Å². The topological polar surface area (TPSA) is 51.4 Å². The molecular formula is C18H17ClFN3O2. The molecule has 1 heterocycles. The maximum absolute atomic E-state index is 12.8. The van der Waals surface area contributed by atoms with E-state index < -0.39 is 0 Å². The van der Waals surface area contributed by atoms with Gasteiger partial charge in [-0.05, 0) is 42.9 Å². The van der Waals surface area contributed by atoms with Gasteiger partial charge in [-0.1, -0.05) is 35.0 Å². The third-order valence-electron chi connectivity index (χ3n) is 3.50. The first kappa shape index (κ1) is 17.4. The number of benzene rings is 2. The van der Waals surface area contributed by atoms with E-state index in [0.717, 1.165) is 10.6 Å². The van der Waals surface area contributed by atoms with E-state index in [-0.39, 0.29) is 12.4 Å². The lowest BCUT2D eigenvalue weighted by Gasteiger charge is -2.14. The van der Waals surface area contributed by atoms with Crippen molar-refractivity contribution in [2.24, 2.45) is 0 Å². The maximum Gasteiger partial charge on any atom is 0.240 e. The van der Waals surface area contributed by atoms with Crippen LogP contribution in [-0.4, -0.2) is 22.1 Å². The van der Waals surface area contributed by atoms with Crippen LogP contribution in [0, 0.1) is 5.82 Å². The Morgan fingerprint density at radius 3 is 2.64 bits per heavy atom. The van der Waals surface area contributed by atoms with Crippen LogP contribution in [-0.2, 0) is 19.7 Å². The van der Waals surface area contributed by atoms with Gasteiger partial charge in [0.15, 0.2) is 6.61 Å². The number of hydrogen-bond acceptors (Lipinski definition) is 5. The third-order valence-corrected chi connectivity index (χ3v) is 3.86. The lowest BCUT2D eigenvalue weighted by Crippen LogP contribution is -2.17. The Morgan fingerprint density at radius 2 is 1.88 bits per heavy atom. The molecule has 0 unspecified atom stereocenters. The van der Waals surface area contributed by atoms with Gasteiger partial charge >= 0.3 is 0 Å². The van der Waals surface area contributed by atoms with Crippen LogP contribution in [0.2, 0.25) is 5.02 Å². The van der Waals surface area contributed by atoms with Gasteiger partial charge in [-0.25, -0.2) is 4.39 Å². The largest absolute Gasteiger partial charge is 0.485 e. The summed E-state index contributed by atoms with van der Waals surface area (Å²) in [7, 11) is 1.95. The van der Waals surface area contributed by atoms with Crippen LogP contribution in [0.4, 0.5) is 4.39 Å². The van der Waals surface area contributed by atoms with E-state index in [0.29, 0.717) is 30.6 Å². The molecule has 0 saturated carbocycles. The summed E-state index contributed by atoms with van der Waals surface area (Å²) >= 11 is 6.17. The van der Waals surface area contributed by atoms with Crippen molar-refractivity contribution >= 4 is 11.6 Å². The third kappa shape index (κ3) is 5.01. The highest BCUT2D eigenvalue weighted by atomic mass is 35.5. The monoisotopic (exact) mass is 361 g/mol. The maximum atomic E-state index is 12.8. The lowest BCUT2D eigenvalue weighted by molar-refractivity contribution is 0.256. The molecule has 0 radical (unpaired) electrons. The van der Waals surface area contributed by atoms with Gasteiger partial charge < -0.3 is 9.26 Å². The van der Waals surface area contributed by atoms with Crippen molar-refractivity contribution in [3.8, 4) is 5.75 Å². The zero-order valence-corrected chi connectivity index (χ0v) is 14.4. The van der Waals surface area contributed by atoms with Crippen LogP contribution >= 0.6 is 11.6 Å². The molecule has 0 atom stereocenters. The van der Waals surface area contributed by atoms with Gasteiger partial charge in [-0.15, -0.1) is 0 Å². The van der Waals surface area contributed by atoms with Crippen molar-refractivity contribution in [1.82, 2.24) is 15.0 Å². The summed E-state index contributed by atoms with van der Waals surface area (Å²) in [5, 5.41) is 4.62. The molecule has 25 heavy (non-hydrogen) atoms. The Hall–Kier alpha value is -2.44. The minimum atomic E-state index is -0.309. The summed E-state index contributed by atoms with van der Waals surface area (Å²) in [6.07, 6.45) is 0. The van der Waals surface area contributed by atoms with E-state index in [1.54, 1.807) is 12.1 Å². The fraction of sp³-hybridized carbons (Fsp3) is 0.222. The van der Waals surface area contributed by atoms with Crippen LogP contribution < -0.4 is 4.74 Å². The first-order valence-corrected chi connectivity index (χ1v) is 8.10. The SMILES string of the molecule is CN(Cc1nc(COc2ccc(F)cc2)no1)Cc1ccccc1Cl. The highest BCUT2D eigenvalue weighted by molar-refractivity contribution is 6.31. The summed E-state index contributed by atoms with van der Waals surface area (Å²) in [5.41, 5.74) is 1.03. The van der Waals surface area contributed by atoms with E-state index in [4.69, 9.17) is 20.9 Å². The molecule has 0 spiro atoms. The van der Waals surface area contributed by atoms with Gasteiger partial charge in [0.2, 0.25) is 11.7 Å². The number of aromatic nitrogens is 2. The fourth-order valence-corrected chi connectivity index (χ4v) is 2.49. The Labute approximate surface area is 150 Å². The summed E-state index contributed by atoms with van der Waals surface area (Å²) in [4.78, 5) is 6.32. The smallest absolute Gasteiger partial charge is 0.240 e. The molecule has 0 fully saturated rings. The second kappa shape index (κ2) is 8.09. The van der Waals surface area contributed by atoms with Gasteiger partial charge in [-0.2, -0.15) is 4.98 Å². The molecule has 0 amide bonds. The molecule has 5 nitrogen and oxygen atoms in total. The Morgan fingerprint density at radius 1 is 1.12 bits per heavy atom. The van der Waals surface area contributed by atoms with E-state index >= 15 is 0 Å². The molecule has 2 aromatic carbocycles. The normalized spacial score (nSPS) is 11.0. The Kier molecular flexibility index (Phi) is 5.63. The average Bonchev–Trinajstić information content (AvgIpc) is 3.04. The number of rotatable bonds is 7. The van der Waals surface area contributed by atoms with Crippen LogP contribution in [0.3, 0.4) is 0 Å². The predicted octanol–water partition coefficient (Wildman–Crippen LogP) is 4.07. The van der Waals surface area contributed by atoms with Crippen molar-refractivity contribution in [1.29, 1.82) is 0 Å². The number of ether oxygens (including phenoxy) is 1. The zero-order chi connectivity index (χ0) is 17.6. The standard InChI is InChI=1S/C18H17ClFN3O2/c1-23(10-13-4-2-3-5-16(13)19)11-18-21-17(22-25-18)12-24-15-8-6-14(20)7-9-15/h2-9H,10-12H2,1H3. The first-order valence-electron chi connectivity index (χ1n) is 7.72. The van der Waals surface area contributed by atoms with Crippen LogP contribution in [0.25, 0.3) is 0 Å². The van der Waals surface area contributed by atoms with E-state index in [9.17, 15) is 4.39 Å². The van der Waals surface area contributed by atoms with Crippen LogP contribution in [0.5, 0.6) is 5.75 Å². The average molecular weight is 362 g/mol. The summed E-state index contributed by atoms with van der Waals surface area (Å²) < 4.78 is 23.6. The van der Waals surface area contributed by atoms with Gasteiger partial charge in [0.25, 0.3) is 0 Å². The molecule has 0 N–H and O–H groups in total. The molecular weight excluding hydrogens is 345 g/mol. The minimum Gasteiger partial charge on any atom is -0.485 e. The minimum absolute atomic E-state index is 0.156. The molecule has 3 rings (SSSR count). The summed E-state index contributed by atoms with van der Waals surface area (Å²) in [6, 6.07) is 13.5. The summed E-state index contributed by atoms with van der Waals surface area (Å²) in [6.45, 7) is 1.32. The highest BCUT2D eigenvalue weighted by Gasteiger charge is 2.11. The van der Waals surface area contributed by atoms with Crippen LogP contribution in [0.15, 0.2) is 53.1 Å². The molecule has 0 bridgehead atoms. The highest BCUT2D eigenvalue weighted by Crippen LogP contribution is 2.17. The zero-order valence-electron chi connectivity index (χ0n) is 13.7. The molecule has 0 aliphatic carbocycles. The van der Waals surface area contributed by atoms with Crippen molar-refractivity contribution in [3.63, 3.8) is 0 Å². The molecule has 7 heteroatoms. The molecule has 0 aliphatic heterocycles. The van der Waals surface area contributed by atoms with Crippen LogP contribution in [0.1, 0.15) is 17.3 Å². The Bertz CT molecular complexity index is 823. The molecule has 3 aromatic rings. The van der Waals surface area contributed by atoms with Gasteiger partial charge in [-0.3, -0.25) is 4.90 Å².